The van der Waals surface area contributed by atoms with Gasteiger partial charge in [0.25, 0.3) is 0 Å². The third kappa shape index (κ3) is 4.18. The monoisotopic (exact) mass is 311 g/mol. The van der Waals surface area contributed by atoms with Gasteiger partial charge in [-0.1, -0.05) is 17.7 Å². The first-order chi connectivity index (χ1) is 11.2. The summed E-state index contributed by atoms with van der Waals surface area (Å²) in [6.45, 7) is 4.01. The smallest absolute Gasteiger partial charge is 0.323 e. The Kier molecular flexibility index (Phi) is 4.71. The second-order valence-corrected chi connectivity index (χ2v) is 5.76. The van der Waals surface area contributed by atoms with Gasteiger partial charge in [0.1, 0.15) is 0 Å². The van der Waals surface area contributed by atoms with E-state index in [9.17, 15) is 4.79 Å². The predicted octanol–water partition coefficient (Wildman–Crippen LogP) is 3.42. The lowest BCUT2D eigenvalue weighted by Crippen LogP contribution is -2.31. The van der Waals surface area contributed by atoms with Gasteiger partial charge in [0.15, 0.2) is 0 Å². The molecule has 2 aromatic rings. The fourth-order valence-corrected chi connectivity index (χ4v) is 2.57. The van der Waals surface area contributed by atoms with Crippen LogP contribution in [0.15, 0.2) is 36.7 Å². The summed E-state index contributed by atoms with van der Waals surface area (Å²) < 4.78 is 0. The van der Waals surface area contributed by atoms with Crippen LogP contribution in [0.3, 0.4) is 0 Å². The lowest BCUT2D eigenvalue weighted by Gasteiger charge is -2.26. The second-order valence-electron chi connectivity index (χ2n) is 5.76. The van der Waals surface area contributed by atoms with Gasteiger partial charge in [-0.3, -0.25) is 0 Å². The second kappa shape index (κ2) is 7.09. The minimum atomic E-state index is -0.303. The molecule has 6 heteroatoms. The molecule has 1 aromatic carbocycles. The number of carbonyl (C=O) groups excluding carboxylic acids is 1. The van der Waals surface area contributed by atoms with Crippen molar-refractivity contribution in [2.45, 2.75) is 26.2 Å². The van der Waals surface area contributed by atoms with Gasteiger partial charge in [-0.2, -0.15) is 0 Å². The number of carbonyl (C=O) groups is 1. The Morgan fingerprint density at radius 3 is 2.22 bits per heavy atom. The fourth-order valence-electron chi connectivity index (χ4n) is 2.57. The van der Waals surface area contributed by atoms with E-state index in [-0.39, 0.29) is 6.03 Å². The number of hydrogen-bond donors (Lipinski definition) is 2. The Hall–Kier alpha value is -2.63. The van der Waals surface area contributed by atoms with Crippen LogP contribution in [0.25, 0.3) is 0 Å². The number of anilines is 3. The Balaban J connectivity index is 1.57. The summed E-state index contributed by atoms with van der Waals surface area (Å²) in [4.78, 5) is 22.8. The Morgan fingerprint density at radius 2 is 1.57 bits per heavy atom. The number of hydrogen-bond acceptors (Lipinski definition) is 4. The van der Waals surface area contributed by atoms with Crippen LogP contribution >= 0.6 is 0 Å². The van der Waals surface area contributed by atoms with E-state index in [1.165, 1.54) is 19.3 Å². The van der Waals surface area contributed by atoms with Crippen molar-refractivity contribution in [2.24, 2.45) is 0 Å². The van der Waals surface area contributed by atoms with Crippen molar-refractivity contribution in [1.29, 1.82) is 0 Å². The zero-order valence-corrected chi connectivity index (χ0v) is 13.2. The Bertz CT molecular complexity index is 648. The van der Waals surface area contributed by atoms with Crippen LogP contribution < -0.4 is 15.5 Å². The summed E-state index contributed by atoms with van der Waals surface area (Å²) in [7, 11) is 0. The van der Waals surface area contributed by atoms with Crippen LogP contribution in [0, 0.1) is 6.92 Å². The highest BCUT2D eigenvalue weighted by atomic mass is 16.2. The molecule has 120 valence electrons. The number of rotatable bonds is 3. The van der Waals surface area contributed by atoms with E-state index in [0.29, 0.717) is 5.69 Å². The summed E-state index contributed by atoms with van der Waals surface area (Å²) in [5.74, 6) is 0.731. The zero-order valence-electron chi connectivity index (χ0n) is 13.2. The summed E-state index contributed by atoms with van der Waals surface area (Å²) in [6.07, 6.45) is 6.93. The molecule has 0 bridgehead atoms. The number of aryl methyl sites for hydroxylation is 1. The first-order valence-corrected chi connectivity index (χ1v) is 7.92. The molecule has 1 aliphatic rings. The summed E-state index contributed by atoms with van der Waals surface area (Å²) in [6, 6.07) is 7.33. The average molecular weight is 311 g/mol. The number of benzene rings is 1. The molecule has 0 saturated carbocycles. The van der Waals surface area contributed by atoms with Gasteiger partial charge in [0, 0.05) is 18.8 Å². The van der Waals surface area contributed by atoms with Gasteiger partial charge in [0.05, 0.1) is 18.1 Å². The molecule has 0 spiro atoms. The molecule has 1 fully saturated rings. The maximum atomic E-state index is 12.0. The van der Waals surface area contributed by atoms with Gasteiger partial charge in [0.2, 0.25) is 5.95 Å². The van der Waals surface area contributed by atoms with Crippen LogP contribution in [0.1, 0.15) is 24.8 Å². The van der Waals surface area contributed by atoms with Crippen molar-refractivity contribution in [3.8, 4) is 0 Å². The largest absolute Gasteiger partial charge is 0.341 e. The van der Waals surface area contributed by atoms with Crippen LogP contribution in [-0.4, -0.2) is 29.1 Å². The van der Waals surface area contributed by atoms with Gasteiger partial charge >= 0.3 is 6.03 Å². The summed E-state index contributed by atoms with van der Waals surface area (Å²) in [5, 5.41) is 5.52. The molecule has 0 atom stereocenters. The van der Waals surface area contributed by atoms with E-state index in [1.807, 2.05) is 31.2 Å². The molecule has 6 nitrogen and oxygen atoms in total. The highest BCUT2D eigenvalue weighted by Gasteiger charge is 2.13. The first kappa shape index (κ1) is 15.3. The molecule has 1 aromatic heterocycles. The fraction of sp³-hybridized carbons (Fsp3) is 0.353. The molecule has 0 unspecified atom stereocenters. The molecule has 2 amide bonds. The van der Waals surface area contributed by atoms with Crippen LogP contribution in [0.2, 0.25) is 0 Å². The maximum Gasteiger partial charge on any atom is 0.323 e. The SMILES string of the molecule is Cc1ccc(NC(=O)Nc2cnc(N3CCCCC3)nc2)cc1. The third-order valence-electron chi connectivity index (χ3n) is 3.84. The average Bonchev–Trinajstić information content (AvgIpc) is 2.58. The molecule has 3 rings (SSSR count). The zero-order chi connectivity index (χ0) is 16.1. The predicted molar refractivity (Wildman–Crippen MR) is 91.9 cm³/mol. The number of aromatic nitrogens is 2. The quantitative estimate of drug-likeness (QED) is 0.911. The van der Waals surface area contributed by atoms with Crippen molar-refractivity contribution in [2.75, 3.05) is 28.6 Å². The number of nitrogens with one attached hydrogen (secondary N) is 2. The van der Waals surface area contributed by atoms with E-state index in [4.69, 9.17) is 0 Å². The van der Waals surface area contributed by atoms with Crippen LogP contribution in [-0.2, 0) is 0 Å². The van der Waals surface area contributed by atoms with Crippen molar-refractivity contribution in [3.63, 3.8) is 0 Å². The standard InChI is InChI=1S/C17H21N5O/c1-13-5-7-14(8-6-13)20-17(23)21-15-11-18-16(19-12-15)22-9-3-2-4-10-22/h5-8,11-12H,2-4,9-10H2,1H3,(H2,20,21,23). The van der Waals surface area contributed by atoms with Gasteiger partial charge < -0.3 is 15.5 Å². The molecular formula is C17H21N5O. The molecule has 23 heavy (non-hydrogen) atoms. The summed E-state index contributed by atoms with van der Waals surface area (Å²) >= 11 is 0. The van der Waals surface area contributed by atoms with Crippen LogP contribution in [0.5, 0.6) is 0 Å². The Labute approximate surface area is 135 Å². The van der Waals surface area contributed by atoms with Gasteiger partial charge in [-0.15, -0.1) is 0 Å². The third-order valence-corrected chi connectivity index (χ3v) is 3.84. The van der Waals surface area contributed by atoms with E-state index in [0.717, 1.165) is 30.3 Å². The molecule has 2 heterocycles. The van der Waals surface area contributed by atoms with Crippen molar-refractivity contribution < 1.29 is 4.79 Å². The van der Waals surface area contributed by atoms with Gasteiger partial charge in [-0.25, -0.2) is 14.8 Å². The molecule has 2 N–H and O–H groups in total. The lowest BCUT2D eigenvalue weighted by molar-refractivity contribution is 0.262. The maximum absolute atomic E-state index is 12.0. The van der Waals surface area contributed by atoms with Crippen LogP contribution in [0.4, 0.5) is 22.1 Å². The normalized spacial score (nSPS) is 14.4. The highest BCUT2D eigenvalue weighted by Crippen LogP contribution is 2.16. The summed E-state index contributed by atoms with van der Waals surface area (Å²) in [5.41, 5.74) is 2.48. The minimum Gasteiger partial charge on any atom is -0.341 e. The highest BCUT2D eigenvalue weighted by molar-refractivity contribution is 5.99. The topological polar surface area (TPSA) is 70.2 Å². The molecule has 1 aliphatic heterocycles. The van der Waals surface area contributed by atoms with Crippen molar-refractivity contribution in [1.82, 2.24) is 9.97 Å². The van der Waals surface area contributed by atoms with Gasteiger partial charge in [-0.05, 0) is 38.3 Å². The number of piperidine rings is 1. The molecular weight excluding hydrogens is 290 g/mol. The number of nitrogens with zero attached hydrogens (tertiary/aromatic N) is 3. The van der Waals surface area contributed by atoms with Crippen molar-refractivity contribution in [3.05, 3.63) is 42.2 Å². The van der Waals surface area contributed by atoms with E-state index >= 15 is 0 Å². The van der Waals surface area contributed by atoms with E-state index < -0.39 is 0 Å². The minimum absolute atomic E-state index is 0.303. The van der Waals surface area contributed by atoms with E-state index in [1.54, 1.807) is 12.4 Å². The van der Waals surface area contributed by atoms with E-state index in [2.05, 4.69) is 25.5 Å². The van der Waals surface area contributed by atoms with Crippen molar-refractivity contribution >= 4 is 23.4 Å². The Morgan fingerprint density at radius 1 is 0.957 bits per heavy atom. The lowest BCUT2D eigenvalue weighted by atomic mass is 10.1. The number of amides is 2. The first-order valence-electron chi connectivity index (χ1n) is 7.92. The molecule has 1 saturated heterocycles. The number of urea groups is 1. The molecule has 0 aliphatic carbocycles. The molecule has 0 radical (unpaired) electrons.